The number of hydrogen-bond donors (Lipinski definition) is 1. The van der Waals surface area contributed by atoms with Crippen molar-refractivity contribution >= 4 is 61.5 Å². The van der Waals surface area contributed by atoms with Crippen molar-refractivity contribution in [1.82, 2.24) is 9.97 Å². The summed E-state index contributed by atoms with van der Waals surface area (Å²) in [5.74, 6) is 0.286. The molecule has 5 rings (SSSR count). The molecule has 2 heterocycles. The molecule has 1 radical (unpaired) electrons. The van der Waals surface area contributed by atoms with Crippen molar-refractivity contribution in [3.05, 3.63) is 77.8 Å². The summed E-state index contributed by atoms with van der Waals surface area (Å²) in [6, 6.07) is 19.2. The average molecular weight is 886 g/mol. The van der Waals surface area contributed by atoms with E-state index in [1.165, 1.54) is 43.2 Å². The van der Waals surface area contributed by atoms with Gasteiger partial charge in [-0.15, -0.1) is 40.1 Å². The van der Waals surface area contributed by atoms with Gasteiger partial charge in [-0.05, 0) is 49.1 Å². The summed E-state index contributed by atoms with van der Waals surface area (Å²) in [4.78, 5) is 21.7. The predicted octanol–water partition coefficient (Wildman–Crippen LogP) is 12.3. The number of hydrogen-bond acceptors (Lipinski definition) is 5. The second-order valence-corrected chi connectivity index (χ2v) is 22.2. The molecule has 0 saturated heterocycles. The normalized spacial score (nSPS) is 12.9. The number of thiophene rings is 1. The van der Waals surface area contributed by atoms with Crippen LogP contribution < -0.4 is 5.19 Å². The maximum atomic E-state index is 12.2. The van der Waals surface area contributed by atoms with Crippen LogP contribution in [-0.2, 0) is 30.3 Å². The minimum Gasteiger partial charge on any atom is -0.512 e. The number of aromatic nitrogens is 2. The molecular formula is C43H57IrN2O2SSi-. The number of rotatable bonds is 9. The van der Waals surface area contributed by atoms with E-state index in [4.69, 9.17) is 9.97 Å². The van der Waals surface area contributed by atoms with E-state index in [1.54, 1.807) is 6.33 Å². The molecular weight excluding hydrogens is 829 g/mol. The standard InChI is InChI=1S/C28H29N2SSi.C15H28O2.Ir/c1-17-22(28(2,3)4)13-12-21-25-27(31-26(17)21)24(29-16-30-25)19-14-18-10-8-9-11-20(18)23(15-19)32(5,6)7;1-7-14(5,8-2)12(16)11-13(17)15(6,9-3)10-4;/h8-13,15-16H,1-7H3;11,16H,7-10H2,1-6H3;/q-1;;/b;12-11-;. The molecule has 3 aromatic carbocycles. The van der Waals surface area contributed by atoms with Crippen LogP contribution in [0.3, 0.4) is 0 Å². The number of aryl methyl sites for hydroxylation is 1. The Morgan fingerprint density at radius 2 is 1.46 bits per heavy atom. The van der Waals surface area contributed by atoms with Crippen LogP contribution in [0.25, 0.3) is 42.3 Å². The van der Waals surface area contributed by atoms with Gasteiger partial charge in [-0.2, -0.15) is 0 Å². The Morgan fingerprint density at radius 1 is 0.860 bits per heavy atom. The number of aliphatic hydroxyl groups is 1. The van der Waals surface area contributed by atoms with Gasteiger partial charge in [-0.3, -0.25) is 9.78 Å². The van der Waals surface area contributed by atoms with Crippen LogP contribution in [-0.4, -0.2) is 28.9 Å². The molecule has 0 fully saturated rings. The first-order valence-corrected chi connectivity index (χ1v) is 22.3. The topological polar surface area (TPSA) is 63.1 Å². The maximum Gasteiger partial charge on any atom is 0.164 e. The van der Waals surface area contributed by atoms with Gasteiger partial charge in [-0.1, -0.05) is 123 Å². The van der Waals surface area contributed by atoms with Gasteiger partial charge in [-0.25, -0.2) is 4.98 Å². The van der Waals surface area contributed by atoms with Crippen molar-refractivity contribution in [2.24, 2.45) is 10.8 Å². The molecule has 0 aliphatic rings. The summed E-state index contributed by atoms with van der Waals surface area (Å²) in [7, 11) is -1.56. The van der Waals surface area contributed by atoms with Crippen molar-refractivity contribution in [2.45, 2.75) is 120 Å². The van der Waals surface area contributed by atoms with Crippen molar-refractivity contribution in [3.63, 3.8) is 0 Å². The zero-order chi connectivity index (χ0) is 36.5. The predicted molar refractivity (Wildman–Crippen MR) is 216 cm³/mol. The van der Waals surface area contributed by atoms with Crippen molar-refractivity contribution in [3.8, 4) is 11.3 Å². The minimum absolute atomic E-state index is 0. The number of fused-ring (bicyclic) bond motifs is 4. The molecule has 0 saturated carbocycles. The van der Waals surface area contributed by atoms with Crippen LogP contribution in [0.15, 0.2) is 60.6 Å². The van der Waals surface area contributed by atoms with Crippen LogP contribution in [0.2, 0.25) is 19.6 Å². The first kappa shape index (κ1) is 41.7. The van der Waals surface area contributed by atoms with Gasteiger partial charge in [0.15, 0.2) is 5.78 Å². The van der Waals surface area contributed by atoms with E-state index in [0.29, 0.717) is 0 Å². The Balaban J connectivity index is 0.000000323. The van der Waals surface area contributed by atoms with Gasteiger partial charge in [0.2, 0.25) is 0 Å². The van der Waals surface area contributed by atoms with E-state index in [1.807, 2.05) is 52.9 Å². The number of aliphatic hydroxyl groups excluding tert-OH is 1. The summed E-state index contributed by atoms with van der Waals surface area (Å²) in [6.07, 6.45) is 6.47. The first-order chi connectivity index (χ1) is 22.8. The molecule has 271 valence electrons. The second-order valence-electron chi connectivity index (χ2n) is 16.2. The van der Waals surface area contributed by atoms with Gasteiger partial charge >= 0.3 is 0 Å². The Labute approximate surface area is 319 Å². The first-order valence-electron chi connectivity index (χ1n) is 17.9. The SMILES string of the molecule is CCC(C)(CC)C(=O)/C=C(\O)C(C)(CC)CC.Cc1c(C(C)(C)C)ccc2c1sc1c(-c3[c-]c4ccccc4c([Si](C)(C)C)c3)ncnc12.[Ir]. The molecule has 50 heavy (non-hydrogen) atoms. The van der Waals surface area contributed by atoms with Gasteiger partial charge in [0.25, 0.3) is 0 Å². The zero-order valence-electron chi connectivity index (χ0n) is 32.5. The van der Waals surface area contributed by atoms with E-state index in [2.05, 4.69) is 95.9 Å². The molecule has 0 atom stereocenters. The molecule has 5 aromatic rings. The van der Waals surface area contributed by atoms with Crippen LogP contribution in [0, 0.1) is 23.8 Å². The number of benzene rings is 3. The Hall–Kier alpha value is -2.70. The molecule has 1 N–H and O–H groups in total. The van der Waals surface area contributed by atoms with Crippen LogP contribution in [0.5, 0.6) is 0 Å². The third-order valence-corrected chi connectivity index (χ3v) is 14.3. The van der Waals surface area contributed by atoms with Crippen LogP contribution in [0.1, 0.15) is 99.1 Å². The Morgan fingerprint density at radius 3 is 2.02 bits per heavy atom. The Bertz CT molecular complexity index is 2010. The minimum atomic E-state index is -1.56. The number of carbonyl (C=O) groups is 1. The van der Waals surface area contributed by atoms with Gasteiger partial charge in [0, 0.05) is 57.5 Å². The van der Waals surface area contributed by atoms with Gasteiger partial charge in [0.05, 0.1) is 13.6 Å². The molecule has 0 spiro atoms. The molecule has 0 aliphatic heterocycles. The van der Waals surface area contributed by atoms with Crippen molar-refractivity contribution < 1.29 is 30.0 Å². The monoisotopic (exact) mass is 886 g/mol. The third kappa shape index (κ3) is 8.33. The average Bonchev–Trinajstić information content (AvgIpc) is 3.46. The van der Waals surface area contributed by atoms with E-state index in [0.717, 1.165) is 47.2 Å². The van der Waals surface area contributed by atoms with Crippen molar-refractivity contribution in [2.75, 3.05) is 0 Å². The number of carbonyl (C=O) groups excluding carboxylic acids is 1. The molecule has 0 aliphatic carbocycles. The smallest absolute Gasteiger partial charge is 0.164 e. The van der Waals surface area contributed by atoms with Gasteiger partial charge < -0.3 is 5.11 Å². The summed E-state index contributed by atoms with van der Waals surface area (Å²) < 4.78 is 2.48. The van der Waals surface area contributed by atoms with E-state index in [9.17, 15) is 9.90 Å². The molecule has 0 unspecified atom stereocenters. The van der Waals surface area contributed by atoms with E-state index >= 15 is 0 Å². The summed E-state index contributed by atoms with van der Waals surface area (Å²) in [6.45, 7) is 28.4. The number of nitrogens with zero attached hydrogens (tertiary/aromatic N) is 2. The van der Waals surface area contributed by atoms with Gasteiger partial charge in [0.1, 0.15) is 12.1 Å². The summed E-state index contributed by atoms with van der Waals surface area (Å²) in [5.41, 5.74) is 5.38. The maximum absolute atomic E-state index is 12.2. The van der Waals surface area contributed by atoms with Crippen molar-refractivity contribution in [1.29, 1.82) is 0 Å². The largest absolute Gasteiger partial charge is 0.512 e. The Kier molecular flexibility index (Phi) is 13.3. The number of allylic oxidation sites excluding steroid dienone is 2. The molecule has 4 nitrogen and oxygen atoms in total. The molecule has 0 bridgehead atoms. The third-order valence-electron chi connectivity index (χ3n) is 10.9. The van der Waals surface area contributed by atoms with Crippen LogP contribution >= 0.6 is 11.3 Å². The summed E-state index contributed by atoms with van der Waals surface area (Å²) in [5, 5.41) is 15.3. The fourth-order valence-corrected chi connectivity index (χ4v) is 9.30. The molecule has 0 amide bonds. The number of ketones is 1. The van der Waals surface area contributed by atoms with Crippen LogP contribution in [0.4, 0.5) is 0 Å². The summed E-state index contributed by atoms with van der Waals surface area (Å²) >= 11 is 1.83. The van der Waals surface area contributed by atoms with E-state index in [-0.39, 0.29) is 47.9 Å². The fraction of sp³-hybridized carbons (Fsp3) is 0.465. The molecule has 7 heteroatoms. The zero-order valence-corrected chi connectivity index (χ0v) is 36.7. The van der Waals surface area contributed by atoms with E-state index < -0.39 is 8.07 Å². The second kappa shape index (κ2) is 15.9. The molecule has 2 aromatic heterocycles. The quantitative estimate of drug-likeness (QED) is 0.0693. The fourth-order valence-electron chi connectivity index (χ4n) is 6.44.